The van der Waals surface area contributed by atoms with Crippen LogP contribution in [0.5, 0.6) is 0 Å². The first-order valence-electron chi connectivity index (χ1n) is 5.51. The Hall–Kier alpha value is -0.0800. The van der Waals surface area contributed by atoms with E-state index >= 15 is 0 Å². The van der Waals surface area contributed by atoms with Crippen LogP contribution in [0.1, 0.15) is 52.9 Å². The van der Waals surface area contributed by atoms with Gasteiger partial charge in [-0.2, -0.15) is 0 Å². The fourth-order valence-electron chi connectivity index (χ4n) is 2.31. The van der Waals surface area contributed by atoms with Crippen molar-refractivity contribution in [3.8, 4) is 0 Å². The highest BCUT2D eigenvalue weighted by atomic mass is 16.3. The fraction of sp³-hybridized carbons (Fsp3) is 1.00. The molecule has 0 radical (unpaired) electrons. The fourth-order valence-corrected chi connectivity index (χ4v) is 2.31. The monoisotopic (exact) mass is 185 g/mol. The van der Waals surface area contributed by atoms with Crippen LogP contribution in [0.3, 0.4) is 0 Å². The van der Waals surface area contributed by atoms with Gasteiger partial charge in [0, 0.05) is 11.6 Å². The number of aliphatic hydroxyl groups excluding tert-OH is 1. The van der Waals surface area contributed by atoms with Gasteiger partial charge < -0.3 is 10.4 Å². The van der Waals surface area contributed by atoms with Gasteiger partial charge in [-0.1, -0.05) is 13.3 Å². The van der Waals surface area contributed by atoms with Crippen molar-refractivity contribution in [2.75, 3.05) is 0 Å². The molecule has 1 saturated carbocycles. The zero-order valence-corrected chi connectivity index (χ0v) is 9.14. The molecule has 1 aliphatic carbocycles. The molecule has 2 nitrogen and oxygen atoms in total. The summed E-state index contributed by atoms with van der Waals surface area (Å²) in [5, 5.41) is 13.2. The summed E-state index contributed by atoms with van der Waals surface area (Å²) in [4.78, 5) is 0. The highest BCUT2D eigenvalue weighted by molar-refractivity contribution is 4.89. The van der Waals surface area contributed by atoms with E-state index < -0.39 is 0 Å². The van der Waals surface area contributed by atoms with Crippen LogP contribution in [0.4, 0.5) is 0 Å². The molecule has 13 heavy (non-hydrogen) atoms. The molecular weight excluding hydrogens is 162 g/mol. The highest BCUT2D eigenvalue weighted by Gasteiger charge is 2.29. The second-order valence-corrected chi connectivity index (χ2v) is 4.88. The van der Waals surface area contributed by atoms with Crippen molar-refractivity contribution in [3.63, 3.8) is 0 Å². The molecule has 2 heteroatoms. The number of hydrogen-bond acceptors (Lipinski definition) is 2. The van der Waals surface area contributed by atoms with Crippen LogP contribution in [0.25, 0.3) is 0 Å². The smallest absolute Gasteiger partial charge is 0.0693 e. The Balaban J connectivity index is 2.37. The maximum absolute atomic E-state index is 9.66. The van der Waals surface area contributed by atoms with Crippen LogP contribution in [0, 0.1) is 0 Å². The van der Waals surface area contributed by atoms with Gasteiger partial charge >= 0.3 is 0 Å². The second-order valence-electron chi connectivity index (χ2n) is 4.88. The Morgan fingerprint density at radius 2 is 2.08 bits per heavy atom. The summed E-state index contributed by atoms with van der Waals surface area (Å²) in [5.41, 5.74) is 0.185. The SMILES string of the molecule is CCCC(C)(C)N[C@H]1CCC[C@@H]1O. The summed E-state index contributed by atoms with van der Waals surface area (Å²) in [5.74, 6) is 0. The molecule has 1 fully saturated rings. The van der Waals surface area contributed by atoms with Gasteiger partial charge in [0.05, 0.1) is 6.10 Å². The minimum absolute atomic E-state index is 0.115. The van der Waals surface area contributed by atoms with Crippen LogP contribution in [0.2, 0.25) is 0 Å². The molecule has 2 atom stereocenters. The number of aliphatic hydroxyl groups is 1. The van der Waals surface area contributed by atoms with E-state index in [1.54, 1.807) is 0 Å². The Kier molecular flexibility index (Phi) is 3.74. The molecule has 78 valence electrons. The van der Waals surface area contributed by atoms with Crippen LogP contribution in [-0.4, -0.2) is 22.8 Å². The highest BCUT2D eigenvalue weighted by Crippen LogP contribution is 2.22. The summed E-state index contributed by atoms with van der Waals surface area (Å²) in [6, 6.07) is 0.335. The van der Waals surface area contributed by atoms with Crippen molar-refractivity contribution in [2.24, 2.45) is 0 Å². The van der Waals surface area contributed by atoms with E-state index in [-0.39, 0.29) is 11.6 Å². The van der Waals surface area contributed by atoms with Gasteiger partial charge in [-0.15, -0.1) is 0 Å². The molecule has 0 aliphatic heterocycles. The van der Waals surface area contributed by atoms with Gasteiger partial charge in [0.15, 0.2) is 0 Å². The van der Waals surface area contributed by atoms with E-state index in [0.717, 1.165) is 12.8 Å². The van der Waals surface area contributed by atoms with Crippen molar-refractivity contribution < 1.29 is 5.11 Å². The molecule has 0 unspecified atom stereocenters. The Morgan fingerprint density at radius 3 is 2.54 bits per heavy atom. The van der Waals surface area contributed by atoms with Gasteiger partial charge in [0.2, 0.25) is 0 Å². The van der Waals surface area contributed by atoms with Crippen molar-refractivity contribution in [3.05, 3.63) is 0 Å². The topological polar surface area (TPSA) is 32.3 Å². The normalized spacial score (nSPS) is 29.5. The third-order valence-electron chi connectivity index (χ3n) is 2.93. The molecule has 1 rings (SSSR count). The van der Waals surface area contributed by atoms with Crippen LogP contribution in [-0.2, 0) is 0 Å². The Labute approximate surface area is 81.7 Å². The Morgan fingerprint density at radius 1 is 1.38 bits per heavy atom. The molecule has 0 amide bonds. The minimum atomic E-state index is -0.115. The Bertz CT molecular complexity index is 156. The number of hydrogen-bond donors (Lipinski definition) is 2. The largest absolute Gasteiger partial charge is 0.392 e. The molecule has 0 heterocycles. The molecule has 2 N–H and O–H groups in total. The summed E-state index contributed by atoms with van der Waals surface area (Å²) in [6.45, 7) is 6.65. The quantitative estimate of drug-likeness (QED) is 0.702. The molecular formula is C11H23NO. The molecule has 0 saturated heterocycles. The van der Waals surface area contributed by atoms with Crippen LogP contribution in [0.15, 0.2) is 0 Å². The predicted molar refractivity (Wildman–Crippen MR) is 55.8 cm³/mol. The van der Waals surface area contributed by atoms with E-state index in [4.69, 9.17) is 0 Å². The van der Waals surface area contributed by atoms with E-state index in [9.17, 15) is 5.11 Å². The van der Waals surface area contributed by atoms with E-state index in [2.05, 4.69) is 26.1 Å². The van der Waals surface area contributed by atoms with E-state index in [1.165, 1.54) is 19.3 Å². The lowest BCUT2D eigenvalue weighted by molar-refractivity contribution is 0.130. The zero-order valence-electron chi connectivity index (χ0n) is 9.14. The lowest BCUT2D eigenvalue weighted by atomic mass is 9.97. The third-order valence-corrected chi connectivity index (χ3v) is 2.93. The number of rotatable bonds is 4. The van der Waals surface area contributed by atoms with Crippen LogP contribution < -0.4 is 5.32 Å². The average molecular weight is 185 g/mol. The lowest BCUT2D eigenvalue weighted by Gasteiger charge is -2.31. The third kappa shape index (κ3) is 3.28. The maximum atomic E-state index is 9.66. The number of nitrogens with one attached hydrogen (secondary N) is 1. The van der Waals surface area contributed by atoms with Crippen molar-refractivity contribution in [1.82, 2.24) is 5.32 Å². The molecule has 1 aliphatic rings. The van der Waals surface area contributed by atoms with Gasteiger partial charge in [0.25, 0.3) is 0 Å². The first kappa shape index (κ1) is 11.0. The standard InChI is InChI=1S/C11H23NO/c1-4-8-11(2,3)12-9-6-5-7-10(9)13/h9-10,12-13H,4-8H2,1-3H3/t9-,10-/m0/s1. The van der Waals surface area contributed by atoms with E-state index in [1.807, 2.05) is 0 Å². The zero-order chi connectivity index (χ0) is 9.90. The summed E-state index contributed by atoms with van der Waals surface area (Å²) in [7, 11) is 0. The van der Waals surface area contributed by atoms with Crippen molar-refractivity contribution >= 4 is 0 Å². The lowest BCUT2D eigenvalue weighted by Crippen LogP contribution is -2.48. The van der Waals surface area contributed by atoms with Gasteiger partial charge in [-0.3, -0.25) is 0 Å². The first-order valence-corrected chi connectivity index (χ1v) is 5.51. The first-order chi connectivity index (χ1) is 6.05. The summed E-state index contributed by atoms with van der Waals surface area (Å²) < 4.78 is 0. The summed E-state index contributed by atoms with van der Waals surface area (Å²) >= 11 is 0. The average Bonchev–Trinajstić information content (AvgIpc) is 2.35. The molecule has 0 aromatic heterocycles. The van der Waals surface area contributed by atoms with E-state index in [0.29, 0.717) is 6.04 Å². The summed E-state index contributed by atoms with van der Waals surface area (Å²) in [6.07, 6.45) is 5.53. The van der Waals surface area contributed by atoms with Gasteiger partial charge in [-0.25, -0.2) is 0 Å². The maximum Gasteiger partial charge on any atom is 0.0693 e. The molecule has 0 aromatic carbocycles. The van der Waals surface area contributed by atoms with Gasteiger partial charge in [0.1, 0.15) is 0 Å². The molecule has 0 aromatic rings. The second kappa shape index (κ2) is 4.43. The van der Waals surface area contributed by atoms with Gasteiger partial charge in [-0.05, 0) is 39.5 Å². The molecule has 0 spiro atoms. The van der Waals surface area contributed by atoms with Crippen molar-refractivity contribution in [2.45, 2.75) is 70.6 Å². The van der Waals surface area contributed by atoms with Crippen LogP contribution >= 0.6 is 0 Å². The minimum Gasteiger partial charge on any atom is -0.392 e. The predicted octanol–water partition coefficient (Wildman–Crippen LogP) is 2.07. The van der Waals surface area contributed by atoms with Crippen molar-refractivity contribution in [1.29, 1.82) is 0 Å². The molecule has 0 bridgehead atoms.